The molecule has 0 unspecified atom stereocenters. The van der Waals surface area contributed by atoms with Gasteiger partial charge in [-0.2, -0.15) is 10.1 Å². The van der Waals surface area contributed by atoms with Gasteiger partial charge in [0.25, 0.3) is 5.91 Å². The van der Waals surface area contributed by atoms with E-state index >= 15 is 0 Å². The second-order valence-electron chi connectivity index (χ2n) is 6.35. The summed E-state index contributed by atoms with van der Waals surface area (Å²) in [5, 5.41) is 10.9. The van der Waals surface area contributed by atoms with Crippen molar-refractivity contribution in [3.05, 3.63) is 29.2 Å². The number of amides is 1. The number of likely N-dealkylation sites (tertiary alicyclic amines) is 1. The number of carbonyl (C=O) groups excluding carboxylic acids is 1. The number of carbonyl (C=O) groups is 1. The summed E-state index contributed by atoms with van der Waals surface area (Å²) < 4.78 is 5.32. The molecule has 0 aromatic carbocycles. The van der Waals surface area contributed by atoms with Crippen LogP contribution in [0.15, 0.2) is 10.6 Å². The normalized spacial score (nSPS) is 19.3. The molecule has 3 N–H and O–H groups in total. The first-order chi connectivity index (χ1) is 11.0. The van der Waals surface area contributed by atoms with E-state index < -0.39 is 5.91 Å². The van der Waals surface area contributed by atoms with Crippen LogP contribution in [0.4, 0.5) is 0 Å². The summed E-state index contributed by atoms with van der Waals surface area (Å²) in [6, 6.07) is 1.75. The second-order valence-corrected chi connectivity index (χ2v) is 6.35. The zero-order valence-electron chi connectivity index (χ0n) is 13.5. The molecule has 1 amide bonds. The van der Waals surface area contributed by atoms with Gasteiger partial charge in [-0.1, -0.05) is 19.0 Å². The molecule has 1 aliphatic heterocycles. The van der Waals surface area contributed by atoms with Crippen LogP contribution in [0.3, 0.4) is 0 Å². The molecule has 23 heavy (non-hydrogen) atoms. The highest BCUT2D eigenvalue weighted by atomic mass is 16.5. The predicted octanol–water partition coefficient (Wildman–Crippen LogP) is 1.39. The standard InChI is InChI=1S/C15H22N6O2/c1-9(2)15-17-13(23-20-15)8-21-5-3-4-10(7-21)11-6-12(14(16)22)19-18-11/h6,9-10H,3-5,7-8H2,1-2H3,(H2,16,22)(H,18,19)/t10-/m0/s1. The third kappa shape index (κ3) is 3.58. The third-order valence-electron chi connectivity index (χ3n) is 4.15. The summed E-state index contributed by atoms with van der Waals surface area (Å²) in [5.74, 6) is 1.45. The highest BCUT2D eigenvalue weighted by Crippen LogP contribution is 2.26. The van der Waals surface area contributed by atoms with Crippen LogP contribution in [0.25, 0.3) is 0 Å². The first kappa shape index (κ1) is 15.7. The molecule has 8 nitrogen and oxygen atoms in total. The Kier molecular flexibility index (Phi) is 4.42. The Bertz CT molecular complexity index is 677. The number of aromatic amines is 1. The molecule has 0 saturated carbocycles. The van der Waals surface area contributed by atoms with Crippen molar-refractivity contribution in [1.29, 1.82) is 0 Å². The van der Waals surface area contributed by atoms with E-state index in [1.165, 1.54) is 0 Å². The molecule has 1 saturated heterocycles. The van der Waals surface area contributed by atoms with Gasteiger partial charge in [0.15, 0.2) is 5.82 Å². The lowest BCUT2D eigenvalue weighted by Crippen LogP contribution is -2.34. The van der Waals surface area contributed by atoms with Gasteiger partial charge in [-0.3, -0.25) is 14.8 Å². The van der Waals surface area contributed by atoms with Crippen molar-refractivity contribution in [3.63, 3.8) is 0 Å². The van der Waals surface area contributed by atoms with Gasteiger partial charge in [-0.15, -0.1) is 0 Å². The summed E-state index contributed by atoms with van der Waals surface area (Å²) in [4.78, 5) is 17.9. The third-order valence-corrected chi connectivity index (χ3v) is 4.15. The van der Waals surface area contributed by atoms with Gasteiger partial charge >= 0.3 is 0 Å². The van der Waals surface area contributed by atoms with Crippen LogP contribution < -0.4 is 5.73 Å². The molecule has 124 valence electrons. The molecule has 3 rings (SSSR count). The van der Waals surface area contributed by atoms with E-state index in [1.54, 1.807) is 6.07 Å². The lowest BCUT2D eigenvalue weighted by molar-refractivity contribution is 0.0995. The minimum absolute atomic E-state index is 0.263. The number of aromatic nitrogens is 4. The molecule has 1 aliphatic rings. The Hall–Kier alpha value is -2.22. The lowest BCUT2D eigenvalue weighted by atomic mass is 9.94. The zero-order chi connectivity index (χ0) is 16.4. The summed E-state index contributed by atoms with van der Waals surface area (Å²) in [6.07, 6.45) is 2.12. The van der Waals surface area contributed by atoms with E-state index in [1.807, 2.05) is 13.8 Å². The van der Waals surface area contributed by atoms with E-state index in [0.29, 0.717) is 18.4 Å². The average Bonchev–Trinajstić information content (AvgIpc) is 3.16. The predicted molar refractivity (Wildman–Crippen MR) is 82.7 cm³/mol. The van der Waals surface area contributed by atoms with Crippen molar-refractivity contribution in [1.82, 2.24) is 25.2 Å². The molecule has 0 aliphatic carbocycles. The first-order valence-corrected chi connectivity index (χ1v) is 7.93. The second kappa shape index (κ2) is 6.49. The minimum atomic E-state index is -0.507. The summed E-state index contributed by atoms with van der Waals surface area (Å²) in [6.45, 7) is 6.58. The maximum Gasteiger partial charge on any atom is 0.269 e. The zero-order valence-corrected chi connectivity index (χ0v) is 13.5. The monoisotopic (exact) mass is 318 g/mol. The van der Waals surface area contributed by atoms with Crippen molar-refractivity contribution in [2.24, 2.45) is 5.73 Å². The van der Waals surface area contributed by atoms with E-state index in [4.69, 9.17) is 10.3 Å². The fourth-order valence-corrected chi connectivity index (χ4v) is 2.88. The first-order valence-electron chi connectivity index (χ1n) is 7.93. The number of hydrogen-bond donors (Lipinski definition) is 2. The SMILES string of the molecule is CC(C)c1noc(CN2CCC[C@H](c3cc(C(N)=O)n[nH]3)C2)n1. The van der Waals surface area contributed by atoms with E-state index in [-0.39, 0.29) is 11.6 Å². The molecule has 0 radical (unpaired) electrons. The van der Waals surface area contributed by atoms with Gasteiger partial charge in [0.2, 0.25) is 5.89 Å². The largest absolute Gasteiger partial charge is 0.364 e. The molecule has 0 bridgehead atoms. The van der Waals surface area contributed by atoms with Gasteiger partial charge in [0, 0.05) is 24.1 Å². The maximum atomic E-state index is 11.2. The van der Waals surface area contributed by atoms with E-state index in [9.17, 15) is 4.79 Å². The van der Waals surface area contributed by atoms with Crippen molar-refractivity contribution >= 4 is 5.91 Å². The summed E-state index contributed by atoms with van der Waals surface area (Å²) in [7, 11) is 0. The highest BCUT2D eigenvalue weighted by molar-refractivity contribution is 5.90. The topological polar surface area (TPSA) is 114 Å². The molecule has 1 fully saturated rings. The smallest absolute Gasteiger partial charge is 0.269 e. The van der Waals surface area contributed by atoms with Crippen molar-refractivity contribution < 1.29 is 9.32 Å². The average molecular weight is 318 g/mol. The highest BCUT2D eigenvalue weighted by Gasteiger charge is 2.25. The van der Waals surface area contributed by atoms with Crippen LogP contribution in [0.5, 0.6) is 0 Å². The molecule has 8 heteroatoms. The molecular weight excluding hydrogens is 296 g/mol. The van der Waals surface area contributed by atoms with Crippen molar-refractivity contribution in [2.45, 2.75) is 45.1 Å². The molecule has 3 heterocycles. The Balaban J connectivity index is 1.64. The number of nitrogens with zero attached hydrogens (tertiary/aromatic N) is 4. The number of primary amides is 1. The van der Waals surface area contributed by atoms with Crippen LogP contribution >= 0.6 is 0 Å². The number of H-pyrrole nitrogens is 1. The van der Waals surface area contributed by atoms with Gasteiger partial charge < -0.3 is 10.3 Å². The van der Waals surface area contributed by atoms with Gasteiger partial charge in [0.05, 0.1) is 6.54 Å². The van der Waals surface area contributed by atoms with E-state index in [0.717, 1.165) is 37.4 Å². The fraction of sp³-hybridized carbons (Fsp3) is 0.600. The van der Waals surface area contributed by atoms with Gasteiger partial charge in [0.1, 0.15) is 5.69 Å². The van der Waals surface area contributed by atoms with Crippen LogP contribution in [-0.4, -0.2) is 44.2 Å². The number of nitrogens with two attached hydrogens (primary N) is 1. The van der Waals surface area contributed by atoms with Crippen molar-refractivity contribution in [3.8, 4) is 0 Å². The fourth-order valence-electron chi connectivity index (χ4n) is 2.88. The molecule has 0 spiro atoms. The van der Waals surface area contributed by atoms with Crippen LogP contribution in [0.2, 0.25) is 0 Å². The molecule has 1 atom stereocenters. The quantitative estimate of drug-likeness (QED) is 0.861. The number of piperidine rings is 1. The Morgan fingerprint density at radius 1 is 1.57 bits per heavy atom. The number of hydrogen-bond acceptors (Lipinski definition) is 6. The van der Waals surface area contributed by atoms with Crippen LogP contribution in [0.1, 0.15) is 66.4 Å². The molecular formula is C15H22N6O2. The molecule has 2 aromatic heterocycles. The Morgan fingerprint density at radius 3 is 3.04 bits per heavy atom. The molecule has 2 aromatic rings. The van der Waals surface area contributed by atoms with Crippen LogP contribution in [0, 0.1) is 0 Å². The summed E-state index contributed by atoms with van der Waals surface area (Å²) in [5.41, 5.74) is 6.50. The minimum Gasteiger partial charge on any atom is -0.364 e. The van der Waals surface area contributed by atoms with Crippen LogP contribution in [-0.2, 0) is 6.54 Å². The van der Waals surface area contributed by atoms with Gasteiger partial charge in [-0.05, 0) is 25.5 Å². The number of nitrogens with one attached hydrogen (secondary N) is 1. The lowest BCUT2D eigenvalue weighted by Gasteiger charge is -2.30. The Labute approximate surface area is 134 Å². The Morgan fingerprint density at radius 2 is 2.39 bits per heavy atom. The van der Waals surface area contributed by atoms with Crippen molar-refractivity contribution in [2.75, 3.05) is 13.1 Å². The summed E-state index contributed by atoms with van der Waals surface area (Å²) >= 11 is 0. The maximum absolute atomic E-state index is 11.2. The van der Waals surface area contributed by atoms with E-state index in [2.05, 4.69) is 25.2 Å². The number of rotatable bonds is 5. The van der Waals surface area contributed by atoms with Gasteiger partial charge in [-0.25, -0.2) is 0 Å².